The molecule has 2 rings (SSSR count). The number of hydrogen-bond acceptors (Lipinski definition) is 4. The molecule has 1 heterocycles. The first-order valence-corrected chi connectivity index (χ1v) is 10.1. The van der Waals surface area contributed by atoms with E-state index in [9.17, 15) is 4.79 Å². The SMILES string of the molecule is CCCCNC(=S)N/N=C(/C)c1ccc(OCC(=O)N2CCCCC2)cc1. The molecule has 0 atom stereocenters. The Kier molecular flexibility index (Phi) is 9.04. The third kappa shape index (κ3) is 7.54. The van der Waals surface area contributed by atoms with Crippen molar-refractivity contribution in [1.82, 2.24) is 15.6 Å². The van der Waals surface area contributed by atoms with Crippen LogP contribution in [0.1, 0.15) is 51.5 Å². The highest BCUT2D eigenvalue weighted by Crippen LogP contribution is 2.14. The number of carbonyl (C=O) groups excluding carboxylic acids is 1. The molecule has 1 aromatic carbocycles. The van der Waals surface area contributed by atoms with Crippen LogP contribution >= 0.6 is 12.2 Å². The van der Waals surface area contributed by atoms with Crippen molar-refractivity contribution in [2.45, 2.75) is 46.0 Å². The average Bonchev–Trinajstić information content (AvgIpc) is 2.71. The molecule has 0 spiro atoms. The number of nitrogens with one attached hydrogen (secondary N) is 2. The van der Waals surface area contributed by atoms with Gasteiger partial charge in [-0.3, -0.25) is 10.2 Å². The van der Waals surface area contributed by atoms with Crippen molar-refractivity contribution in [3.05, 3.63) is 29.8 Å². The van der Waals surface area contributed by atoms with Crippen molar-refractivity contribution in [3.8, 4) is 5.75 Å². The molecule has 1 amide bonds. The number of benzene rings is 1. The van der Waals surface area contributed by atoms with Crippen molar-refractivity contribution in [2.24, 2.45) is 5.10 Å². The van der Waals surface area contributed by atoms with Gasteiger partial charge in [-0.25, -0.2) is 0 Å². The number of hydrazone groups is 1. The first-order chi connectivity index (χ1) is 13.1. The van der Waals surface area contributed by atoms with Crippen LogP contribution in [-0.4, -0.2) is 47.9 Å². The van der Waals surface area contributed by atoms with Gasteiger partial charge >= 0.3 is 0 Å². The highest BCUT2D eigenvalue weighted by molar-refractivity contribution is 7.80. The number of thiocarbonyl (C=S) groups is 1. The first kappa shape index (κ1) is 21.2. The molecular formula is C20H30N4O2S. The van der Waals surface area contributed by atoms with Gasteiger partial charge in [-0.2, -0.15) is 5.10 Å². The number of carbonyl (C=O) groups is 1. The van der Waals surface area contributed by atoms with Crippen LogP contribution in [-0.2, 0) is 4.79 Å². The molecule has 0 bridgehead atoms. The van der Waals surface area contributed by atoms with E-state index in [-0.39, 0.29) is 12.5 Å². The minimum atomic E-state index is 0.0600. The summed E-state index contributed by atoms with van der Waals surface area (Å²) >= 11 is 5.18. The predicted molar refractivity (Wildman–Crippen MR) is 113 cm³/mol. The van der Waals surface area contributed by atoms with Crippen molar-refractivity contribution in [1.29, 1.82) is 0 Å². The molecular weight excluding hydrogens is 360 g/mol. The van der Waals surface area contributed by atoms with Crippen LogP contribution in [0.4, 0.5) is 0 Å². The van der Waals surface area contributed by atoms with E-state index in [1.165, 1.54) is 6.42 Å². The smallest absolute Gasteiger partial charge is 0.260 e. The summed E-state index contributed by atoms with van der Waals surface area (Å²) in [5, 5.41) is 7.94. The fraction of sp³-hybridized carbons (Fsp3) is 0.550. The molecule has 0 radical (unpaired) electrons. The van der Waals surface area contributed by atoms with Crippen LogP contribution in [0.3, 0.4) is 0 Å². The van der Waals surface area contributed by atoms with Crippen molar-refractivity contribution >= 4 is 28.9 Å². The van der Waals surface area contributed by atoms with Crippen LogP contribution < -0.4 is 15.5 Å². The molecule has 2 N–H and O–H groups in total. The Morgan fingerprint density at radius 2 is 1.93 bits per heavy atom. The second kappa shape index (κ2) is 11.5. The number of rotatable bonds is 8. The van der Waals surface area contributed by atoms with Gasteiger partial charge in [-0.1, -0.05) is 13.3 Å². The molecule has 1 aliphatic heterocycles. The van der Waals surface area contributed by atoms with Gasteiger partial charge in [0.2, 0.25) is 0 Å². The number of hydrogen-bond donors (Lipinski definition) is 2. The van der Waals surface area contributed by atoms with E-state index in [1.54, 1.807) is 0 Å². The lowest BCUT2D eigenvalue weighted by Crippen LogP contribution is -2.38. The molecule has 148 valence electrons. The van der Waals surface area contributed by atoms with E-state index < -0.39 is 0 Å². The Hall–Kier alpha value is -2.15. The van der Waals surface area contributed by atoms with Gasteiger partial charge in [0.05, 0.1) is 5.71 Å². The molecule has 0 aliphatic carbocycles. The zero-order chi connectivity index (χ0) is 19.5. The van der Waals surface area contributed by atoms with Gasteiger partial charge in [0.25, 0.3) is 5.91 Å². The third-order valence-electron chi connectivity index (χ3n) is 4.48. The maximum Gasteiger partial charge on any atom is 0.260 e. The van der Waals surface area contributed by atoms with Crippen LogP contribution in [0.2, 0.25) is 0 Å². The molecule has 0 unspecified atom stereocenters. The Morgan fingerprint density at radius 3 is 2.59 bits per heavy atom. The highest BCUT2D eigenvalue weighted by atomic mass is 32.1. The summed E-state index contributed by atoms with van der Waals surface area (Å²) in [7, 11) is 0. The summed E-state index contributed by atoms with van der Waals surface area (Å²) in [4.78, 5) is 14.0. The van der Waals surface area contributed by atoms with E-state index in [0.29, 0.717) is 10.9 Å². The number of ether oxygens (including phenoxy) is 1. The third-order valence-corrected chi connectivity index (χ3v) is 4.72. The maximum atomic E-state index is 12.1. The number of likely N-dealkylation sites (tertiary alicyclic amines) is 1. The highest BCUT2D eigenvalue weighted by Gasteiger charge is 2.16. The largest absolute Gasteiger partial charge is 0.484 e. The van der Waals surface area contributed by atoms with Crippen LogP contribution in [0.25, 0.3) is 0 Å². The zero-order valence-electron chi connectivity index (χ0n) is 16.3. The summed E-state index contributed by atoms with van der Waals surface area (Å²) in [6, 6.07) is 7.56. The minimum absolute atomic E-state index is 0.0600. The molecule has 7 heteroatoms. The molecule has 0 saturated carbocycles. The number of amides is 1. The predicted octanol–water partition coefficient (Wildman–Crippen LogP) is 3.07. The Labute approximate surface area is 167 Å². The van der Waals surface area contributed by atoms with Crippen molar-refractivity contribution in [2.75, 3.05) is 26.2 Å². The van der Waals surface area contributed by atoms with Gasteiger partial charge in [-0.15, -0.1) is 0 Å². The lowest BCUT2D eigenvalue weighted by molar-refractivity contribution is -0.134. The lowest BCUT2D eigenvalue weighted by Gasteiger charge is -2.26. The normalized spacial score (nSPS) is 14.6. The van der Waals surface area contributed by atoms with Gasteiger partial charge in [0, 0.05) is 19.6 Å². The van der Waals surface area contributed by atoms with Crippen LogP contribution in [0.5, 0.6) is 5.75 Å². The number of piperidine rings is 1. The van der Waals surface area contributed by atoms with Gasteiger partial charge in [0.1, 0.15) is 5.75 Å². The van der Waals surface area contributed by atoms with Crippen molar-refractivity contribution in [3.63, 3.8) is 0 Å². The Bertz CT molecular complexity index is 640. The monoisotopic (exact) mass is 390 g/mol. The van der Waals surface area contributed by atoms with Gasteiger partial charge in [0.15, 0.2) is 11.7 Å². The molecule has 1 saturated heterocycles. The van der Waals surface area contributed by atoms with Crippen molar-refractivity contribution < 1.29 is 9.53 Å². The summed E-state index contributed by atoms with van der Waals surface area (Å²) in [6.07, 6.45) is 5.58. The van der Waals surface area contributed by atoms with Gasteiger partial charge in [-0.05, 0) is 74.7 Å². The Morgan fingerprint density at radius 1 is 1.22 bits per heavy atom. The molecule has 1 aromatic rings. The topological polar surface area (TPSA) is 66.0 Å². The van der Waals surface area contributed by atoms with E-state index in [1.807, 2.05) is 36.1 Å². The summed E-state index contributed by atoms with van der Waals surface area (Å²) < 4.78 is 5.63. The lowest BCUT2D eigenvalue weighted by atomic mass is 10.1. The standard InChI is InChI=1S/C20H30N4O2S/c1-3-4-12-21-20(27)23-22-16(2)17-8-10-18(11-9-17)26-15-19(25)24-13-6-5-7-14-24/h8-11H,3-7,12-15H2,1-2H3,(H2,21,23,27)/b22-16-. The van der Waals surface area contributed by atoms with Crippen LogP contribution in [0, 0.1) is 0 Å². The fourth-order valence-corrected chi connectivity index (χ4v) is 2.94. The minimum Gasteiger partial charge on any atom is -0.484 e. The molecule has 27 heavy (non-hydrogen) atoms. The van der Waals surface area contributed by atoms with E-state index in [4.69, 9.17) is 17.0 Å². The maximum absolute atomic E-state index is 12.1. The molecule has 0 aromatic heterocycles. The quantitative estimate of drug-likeness (QED) is 0.309. The van der Waals surface area contributed by atoms with E-state index in [0.717, 1.165) is 56.6 Å². The first-order valence-electron chi connectivity index (χ1n) is 9.69. The number of unbranched alkanes of at least 4 members (excludes halogenated alkanes) is 1. The van der Waals surface area contributed by atoms with E-state index in [2.05, 4.69) is 22.8 Å². The Balaban J connectivity index is 1.78. The number of nitrogens with zero attached hydrogens (tertiary/aromatic N) is 2. The van der Waals surface area contributed by atoms with Crippen LogP contribution in [0.15, 0.2) is 29.4 Å². The summed E-state index contributed by atoms with van der Waals surface area (Å²) in [6.45, 7) is 6.68. The zero-order valence-corrected chi connectivity index (χ0v) is 17.1. The van der Waals surface area contributed by atoms with Gasteiger partial charge < -0.3 is 15.0 Å². The summed E-state index contributed by atoms with van der Waals surface area (Å²) in [5.41, 5.74) is 4.65. The summed E-state index contributed by atoms with van der Waals surface area (Å²) in [5.74, 6) is 0.742. The fourth-order valence-electron chi connectivity index (χ4n) is 2.79. The average molecular weight is 391 g/mol. The molecule has 6 nitrogen and oxygen atoms in total. The molecule has 1 fully saturated rings. The second-order valence-electron chi connectivity index (χ2n) is 6.67. The molecule has 1 aliphatic rings. The second-order valence-corrected chi connectivity index (χ2v) is 7.08. The van der Waals surface area contributed by atoms with E-state index >= 15 is 0 Å².